The molecule has 2 aromatic carbocycles. The van der Waals surface area contributed by atoms with Crippen LogP contribution in [-0.4, -0.2) is 19.0 Å². The van der Waals surface area contributed by atoms with Crippen LogP contribution in [0.15, 0.2) is 46.9 Å². The van der Waals surface area contributed by atoms with Crippen LogP contribution in [0.5, 0.6) is 0 Å². The summed E-state index contributed by atoms with van der Waals surface area (Å²) < 4.78 is 1.16. The van der Waals surface area contributed by atoms with Crippen LogP contribution in [0, 0.1) is 6.92 Å². The summed E-state index contributed by atoms with van der Waals surface area (Å²) in [6, 6.07) is 14.9. The van der Waals surface area contributed by atoms with Gasteiger partial charge < -0.3 is 10.2 Å². The van der Waals surface area contributed by atoms with Crippen molar-refractivity contribution in [3.63, 3.8) is 0 Å². The highest BCUT2D eigenvalue weighted by atomic mass is 79.9. The lowest BCUT2D eigenvalue weighted by Gasteiger charge is -2.16. The van der Waals surface area contributed by atoms with Gasteiger partial charge in [-0.05, 0) is 49.8 Å². The summed E-state index contributed by atoms with van der Waals surface area (Å²) in [5, 5.41) is 3.54. The van der Waals surface area contributed by atoms with E-state index in [1.54, 1.807) is 0 Å². The van der Waals surface area contributed by atoms with Gasteiger partial charge in [0.25, 0.3) is 0 Å². The van der Waals surface area contributed by atoms with Crippen molar-refractivity contribution in [3.05, 3.63) is 63.6 Å². The Morgan fingerprint density at radius 3 is 2.50 bits per heavy atom. The van der Waals surface area contributed by atoms with E-state index in [0.717, 1.165) is 17.6 Å². The Morgan fingerprint density at radius 1 is 1.05 bits per heavy atom. The van der Waals surface area contributed by atoms with E-state index < -0.39 is 0 Å². The summed E-state index contributed by atoms with van der Waals surface area (Å²) in [7, 11) is 4.18. The topological polar surface area (TPSA) is 15.3 Å². The van der Waals surface area contributed by atoms with Crippen molar-refractivity contribution >= 4 is 21.6 Å². The zero-order valence-corrected chi connectivity index (χ0v) is 13.9. The summed E-state index contributed by atoms with van der Waals surface area (Å²) >= 11 is 3.63. The molecule has 0 unspecified atom stereocenters. The van der Waals surface area contributed by atoms with Gasteiger partial charge in [-0.25, -0.2) is 0 Å². The number of hydrogen-bond acceptors (Lipinski definition) is 2. The SMILES string of the molecule is Cc1ccc(CNc2ccccc2CN(C)C)c(Br)c1. The third-order valence-corrected chi connectivity index (χ3v) is 3.92. The van der Waals surface area contributed by atoms with Crippen LogP contribution in [-0.2, 0) is 13.1 Å². The van der Waals surface area contributed by atoms with Crippen LogP contribution in [0.4, 0.5) is 5.69 Å². The lowest BCUT2D eigenvalue weighted by molar-refractivity contribution is 0.403. The van der Waals surface area contributed by atoms with Crippen LogP contribution in [0.25, 0.3) is 0 Å². The molecule has 0 aliphatic rings. The minimum atomic E-state index is 0.825. The Bertz CT molecular complexity index is 579. The molecule has 0 aromatic heterocycles. The highest BCUT2D eigenvalue weighted by Crippen LogP contribution is 2.21. The zero-order valence-electron chi connectivity index (χ0n) is 12.3. The average Bonchev–Trinajstić information content (AvgIpc) is 2.39. The third kappa shape index (κ3) is 4.09. The number of hydrogen-bond donors (Lipinski definition) is 1. The molecule has 3 heteroatoms. The van der Waals surface area contributed by atoms with Crippen molar-refractivity contribution in [1.29, 1.82) is 0 Å². The smallest absolute Gasteiger partial charge is 0.0412 e. The largest absolute Gasteiger partial charge is 0.381 e. The second kappa shape index (κ2) is 6.91. The molecule has 0 spiro atoms. The number of aryl methyl sites for hydroxylation is 1. The number of nitrogens with zero attached hydrogens (tertiary/aromatic N) is 1. The zero-order chi connectivity index (χ0) is 14.5. The molecule has 0 fully saturated rings. The Hall–Kier alpha value is -1.32. The number of anilines is 1. The lowest BCUT2D eigenvalue weighted by Crippen LogP contribution is -2.13. The van der Waals surface area contributed by atoms with E-state index in [2.05, 4.69) is 89.6 Å². The van der Waals surface area contributed by atoms with E-state index in [-0.39, 0.29) is 0 Å². The normalized spacial score (nSPS) is 10.8. The number of nitrogens with one attached hydrogen (secondary N) is 1. The number of rotatable bonds is 5. The maximum Gasteiger partial charge on any atom is 0.0412 e. The minimum absolute atomic E-state index is 0.825. The first-order valence-corrected chi connectivity index (χ1v) is 7.57. The second-order valence-electron chi connectivity index (χ2n) is 5.34. The minimum Gasteiger partial charge on any atom is -0.381 e. The van der Waals surface area contributed by atoms with Crippen LogP contribution in [0.3, 0.4) is 0 Å². The molecule has 0 radical (unpaired) electrons. The molecule has 0 bridgehead atoms. The summed E-state index contributed by atoms with van der Waals surface area (Å²) in [6.07, 6.45) is 0. The summed E-state index contributed by atoms with van der Waals surface area (Å²) in [5.41, 5.74) is 5.07. The van der Waals surface area contributed by atoms with Crippen molar-refractivity contribution in [1.82, 2.24) is 4.90 Å². The molecule has 0 heterocycles. The van der Waals surface area contributed by atoms with Crippen molar-refractivity contribution < 1.29 is 0 Å². The third-order valence-electron chi connectivity index (χ3n) is 3.18. The molecule has 1 N–H and O–H groups in total. The predicted octanol–water partition coefficient (Wildman–Crippen LogP) is 4.43. The highest BCUT2D eigenvalue weighted by molar-refractivity contribution is 9.10. The molecule has 2 nitrogen and oxygen atoms in total. The Labute approximate surface area is 129 Å². The molecular formula is C17H21BrN2. The molecule has 20 heavy (non-hydrogen) atoms. The van der Waals surface area contributed by atoms with Crippen LogP contribution in [0.2, 0.25) is 0 Å². The van der Waals surface area contributed by atoms with E-state index in [0.29, 0.717) is 0 Å². The van der Waals surface area contributed by atoms with Gasteiger partial charge in [-0.2, -0.15) is 0 Å². The number of halogens is 1. The molecule has 2 rings (SSSR count). The molecule has 0 aliphatic carbocycles. The van der Waals surface area contributed by atoms with Gasteiger partial charge in [0.05, 0.1) is 0 Å². The Morgan fingerprint density at radius 2 is 1.80 bits per heavy atom. The monoisotopic (exact) mass is 332 g/mol. The molecule has 0 atom stereocenters. The number of para-hydroxylation sites is 1. The van der Waals surface area contributed by atoms with Gasteiger partial charge in [0, 0.05) is 23.2 Å². The van der Waals surface area contributed by atoms with Crippen molar-refractivity contribution in [2.45, 2.75) is 20.0 Å². The molecule has 0 aliphatic heterocycles. The van der Waals surface area contributed by atoms with Gasteiger partial charge >= 0.3 is 0 Å². The van der Waals surface area contributed by atoms with Crippen LogP contribution < -0.4 is 5.32 Å². The standard InChI is InChI=1S/C17H21BrN2/c1-13-8-9-14(16(18)10-13)11-19-17-7-5-4-6-15(17)12-20(2)3/h4-10,19H,11-12H2,1-3H3. The van der Waals surface area contributed by atoms with E-state index in [1.165, 1.54) is 22.4 Å². The molecule has 0 saturated heterocycles. The molecule has 0 amide bonds. The lowest BCUT2D eigenvalue weighted by atomic mass is 10.1. The maximum atomic E-state index is 3.63. The van der Waals surface area contributed by atoms with Crippen molar-refractivity contribution in [2.75, 3.05) is 19.4 Å². The van der Waals surface area contributed by atoms with E-state index in [9.17, 15) is 0 Å². The molecule has 0 saturated carbocycles. The average molecular weight is 333 g/mol. The molecule has 2 aromatic rings. The van der Waals surface area contributed by atoms with Crippen molar-refractivity contribution in [2.24, 2.45) is 0 Å². The van der Waals surface area contributed by atoms with Crippen molar-refractivity contribution in [3.8, 4) is 0 Å². The first-order valence-electron chi connectivity index (χ1n) is 6.78. The molecule has 106 valence electrons. The summed E-state index contributed by atoms with van der Waals surface area (Å²) in [6.45, 7) is 3.87. The summed E-state index contributed by atoms with van der Waals surface area (Å²) in [4.78, 5) is 2.18. The maximum absolute atomic E-state index is 3.63. The molecular weight excluding hydrogens is 312 g/mol. The first-order chi connectivity index (χ1) is 9.56. The fourth-order valence-electron chi connectivity index (χ4n) is 2.16. The van der Waals surface area contributed by atoms with E-state index >= 15 is 0 Å². The Balaban J connectivity index is 2.10. The van der Waals surface area contributed by atoms with Crippen LogP contribution >= 0.6 is 15.9 Å². The van der Waals surface area contributed by atoms with Gasteiger partial charge in [0.15, 0.2) is 0 Å². The fraction of sp³-hybridized carbons (Fsp3) is 0.294. The quantitative estimate of drug-likeness (QED) is 0.871. The van der Waals surface area contributed by atoms with Gasteiger partial charge in [0.2, 0.25) is 0 Å². The highest BCUT2D eigenvalue weighted by Gasteiger charge is 2.04. The van der Waals surface area contributed by atoms with Crippen LogP contribution in [0.1, 0.15) is 16.7 Å². The number of benzene rings is 2. The Kier molecular flexibility index (Phi) is 5.21. The summed E-state index contributed by atoms with van der Waals surface area (Å²) in [5.74, 6) is 0. The van der Waals surface area contributed by atoms with Gasteiger partial charge in [-0.1, -0.05) is 46.3 Å². The van der Waals surface area contributed by atoms with E-state index in [1.807, 2.05) is 0 Å². The van der Waals surface area contributed by atoms with Gasteiger partial charge in [-0.15, -0.1) is 0 Å². The second-order valence-corrected chi connectivity index (χ2v) is 6.20. The van der Waals surface area contributed by atoms with Gasteiger partial charge in [-0.3, -0.25) is 0 Å². The predicted molar refractivity (Wildman–Crippen MR) is 90.0 cm³/mol. The van der Waals surface area contributed by atoms with Gasteiger partial charge in [0.1, 0.15) is 0 Å². The van der Waals surface area contributed by atoms with E-state index in [4.69, 9.17) is 0 Å². The first kappa shape index (κ1) is 15.1. The fourth-order valence-corrected chi connectivity index (χ4v) is 2.79.